The van der Waals surface area contributed by atoms with Crippen LogP contribution < -0.4 is 5.32 Å². The lowest BCUT2D eigenvalue weighted by Gasteiger charge is -2.24. The molecule has 1 aliphatic carbocycles. The van der Waals surface area contributed by atoms with E-state index >= 15 is 0 Å². The Balaban J connectivity index is 1.60. The van der Waals surface area contributed by atoms with Gasteiger partial charge in [0.05, 0.1) is 18.5 Å². The molecule has 1 saturated carbocycles. The molecule has 0 spiro atoms. The van der Waals surface area contributed by atoms with Crippen molar-refractivity contribution in [2.45, 2.75) is 31.9 Å². The Hall–Kier alpha value is -2.34. The zero-order valence-electron chi connectivity index (χ0n) is 14.1. The van der Waals surface area contributed by atoms with Gasteiger partial charge in [0.2, 0.25) is 0 Å². The van der Waals surface area contributed by atoms with Crippen molar-refractivity contribution >= 4 is 6.03 Å². The minimum absolute atomic E-state index is 0.124. The molecule has 0 aliphatic heterocycles. The summed E-state index contributed by atoms with van der Waals surface area (Å²) in [6.45, 7) is 2.33. The lowest BCUT2D eigenvalue weighted by molar-refractivity contribution is 0.113. The second kappa shape index (κ2) is 7.05. The number of benzene rings is 1. The molecule has 0 saturated heterocycles. The van der Waals surface area contributed by atoms with E-state index in [-0.39, 0.29) is 12.1 Å². The van der Waals surface area contributed by atoms with Crippen LogP contribution in [0.25, 0.3) is 5.69 Å². The van der Waals surface area contributed by atoms with E-state index in [0.717, 1.165) is 24.1 Å². The normalized spacial score (nSPS) is 16.5. The van der Waals surface area contributed by atoms with Gasteiger partial charge in [-0.15, -0.1) is 0 Å². The highest BCUT2D eigenvalue weighted by Gasteiger charge is 2.31. The van der Waals surface area contributed by atoms with Gasteiger partial charge in [-0.3, -0.25) is 0 Å². The van der Waals surface area contributed by atoms with Gasteiger partial charge >= 0.3 is 6.03 Å². The summed E-state index contributed by atoms with van der Waals surface area (Å²) in [6, 6.07) is 7.69. The van der Waals surface area contributed by atoms with Crippen LogP contribution in [0, 0.1) is 5.92 Å². The van der Waals surface area contributed by atoms with E-state index in [4.69, 9.17) is 0 Å². The lowest BCUT2D eigenvalue weighted by atomic mass is 10.1. The predicted octanol–water partition coefficient (Wildman–Crippen LogP) is 2.35. The molecule has 0 bridgehead atoms. The van der Waals surface area contributed by atoms with Crippen LogP contribution in [0.5, 0.6) is 0 Å². The van der Waals surface area contributed by atoms with Crippen LogP contribution in [0.2, 0.25) is 0 Å². The van der Waals surface area contributed by atoms with Crippen molar-refractivity contribution < 1.29 is 9.90 Å². The Morgan fingerprint density at radius 1 is 1.50 bits per heavy atom. The molecule has 3 rings (SSSR count). The fourth-order valence-corrected chi connectivity index (χ4v) is 2.74. The first kappa shape index (κ1) is 16.5. The summed E-state index contributed by atoms with van der Waals surface area (Å²) in [7, 11) is 1.72. The van der Waals surface area contributed by atoms with E-state index in [1.54, 1.807) is 24.5 Å². The number of amides is 2. The SMILES string of the molecule is CC(NC(=O)N(C)CC(O)C1CC1)c1cccc(-n2ccnc2)c1. The Kier molecular flexibility index (Phi) is 4.85. The van der Waals surface area contributed by atoms with Gasteiger partial charge in [0, 0.05) is 31.7 Å². The standard InChI is InChI=1S/C18H24N4O2/c1-13(20-18(24)21(2)11-17(23)14-6-7-14)15-4-3-5-16(10-15)22-9-8-19-12-22/h3-5,8-10,12-14,17,23H,6-7,11H2,1-2H3,(H,20,24). The van der Waals surface area contributed by atoms with Crippen LogP contribution >= 0.6 is 0 Å². The number of likely N-dealkylation sites (N-methyl/N-ethyl adjacent to an activating group) is 1. The van der Waals surface area contributed by atoms with E-state index in [1.165, 1.54) is 0 Å². The molecular weight excluding hydrogens is 304 g/mol. The Morgan fingerprint density at radius 3 is 2.96 bits per heavy atom. The quantitative estimate of drug-likeness (QED) is 0.855. The van der Waals surface area contributed by atoms with Gasteiger partial charge in [-0.05, 0) is 43.4 Å². The van der Waals surface area contributed by atoms with Gasteiger partial charge in [0.1, 0.15) is 0 Å². The van der Waals surface area contributed by atoms with Gasteiger partial charge < -0.3 is 19.9 Å². The van der Waals surface area contributed by atoms with Crippen molar-refractivity contribution in [2.75, 3.05) is 13.6 Å². The van der Waals surface area contributed by atoms with Gasteiger partial charge in [0.25, 0.3) is 0 Å². The zero-order valence-corrected chi connectivity index (χ0v) is 14.1. The van der Waals surface area contributed by atoms with Gasteiger partial charge in [-0.2, -0.15) is 0 Å². The van der Waals surface area contributed by atoms with Crippen LogP contribution in [-0.2, 0) is 0 Å². The largest absolute Gasteiger partial charge is 0.391 e. The van der Waals surface area contributed by atoms with E-state index in [0.29, 0.717) is 12.5 Å². The molecule has 2 aromatic rings. The number of carbonyl (C=O) groups is 1. The minimum Gasteiger partial charge on any atom is -0.391 e. The third-order valence-corrected chi connectivity index (χ3v) is 4.49. The maximum Gasteiger partial charge on any atom is 0.317 e. The number of aliphatic hydroxyl groups is 1. The molecule has 1 heterocycles. The number of imidazole rings is 1. The maximum atomic E-state index is 12.3. The third-order valence-electron chi connectivity index (χ3n) is 4.49. The van der Waals surface area contributed by atoms with Crippen molar-refractivity contribution in [1.29, 1.82) is 0 Å². The highest BCUT2D eigenvalue weighted by molar-refractivity contribution is 5.74. The molecule has 2 amide bonds. The topological polar surface area (TPSA) is 70.4 Å². The summed E-state index contributed by atoms with van der Waals surface area (Å²) in [5.74, 6) is 0.365. The molecule has 24 heavy (non-hydrogen) atoms. The van der Waals surface area contributed by atoms with Crippen molar-refractivity contribution in [3.63, 3.8) is 0 Å². The van der Waals surface area contributed by atoms with Crippen LogP contribution in [-0.4, -0.2) is 45.3 Å². The lowest BCUT2D eigenvalue weighted by Crippen LogP contribution is -2.42. The first-order valence-corrected chi connectivity index (χ1v) is 8.32. The summed E-state index contributed by atoms with van der Waals surface area (Å²) in [6.07, 6.45) is 7.07. The number of nitrogens with one attached hydrogen (secondary N) is 1. The molecule has 1 aromatic carbocycles. The molecule has 1 fully saturated rings. The summed E-state index contributed by atoms with van der Waals surface area (Å²) in [4.78, 5) is 17.9. The fraction of sp³-hybridized carbons (Fsp3) is 0.444. The van der Waals surface area contributed by atoms with Gasteiger partial charge in [-0.1, -0.05) is 12.1 Å². The Labute approximate surface area is 142 Å². The van der Waals surface area contributed by atoms with Crippen LogP contribution in [0.3, 0.4) is 0 Å². The summed E-state index contributed by atoms with van der Waals surface area (Å²) in [5.41, 5.74) is 2.02. The van der Waals surface area contributed by atoms with E-state index in [1.807, 2.05) is 42.0 Å². The minimum atomic E-state index is -0.416. The molecule has 0 radical (unpaired) electrons. The van der Waals surface area contributed by atoms with Crippen LogP contribution in [0.4, 0.5) is 4.79 Å². The van der Waals surface area contributed by atoms with Crippen molar-refractivity contribution in [3.05, 3.63) is 48.5 Å². The van der Waals surface area contributed by atoms with Crippen molar-refractivity contribution in [1.82, 2.24) is 19.8 Å². The number of aliphatic hydroxyl groups excluding tert-OH is 1. The molecular formula is C18H24N4O2. The fourth-order valence-electron chi connectivity index (χ4n) is 2.74. The monoisotopic (exact) mass is 328 g/mol. The molecule has 1 aromatic heterocycles. The number of carbonyl (C=O) groups excluding carboxylic acids is 1. The summed E-state index contributed by atoms with van der Waals surface area (Å²) >= 11 is 0. The molecule has 2 unspecified atom stereocenters. The molecule has 2 N–H and O–H groups in total. The van der Waals surface area contributed by atoms with Crippen LogP contribution in [0.1, 0.15) is 31.4 Å². The number of urea groups is 1. The summed E-state index contributed by atoms with van der Waals surface area (Å²) in [5, 5.41) is 13.0. The van der Waals surface area contributed by atoms with Gasteiger partial charge in [-0.25, -0.2) is 9.78 Å². The Morgan fingerprint density at radius 2 is 2.29 bits per heavy atom. The highest BCUT2D eigenvalue weighted by atomic mass is 16.3. The average Bonchev–Trinajstić information content (AvgIpc) is 3.29. The third kappa shape index (κ3) is 3.94. The first-order chi connectivity index (χ1) is 11.5. The van der Waals surface area contributed by atoms with Gasteiger partial charge in [0.15, 0.2) is 0 Å². The van der Waals surface area contributed by atoms with Crippen molar-refractivity contribution in [3.8, 4) is 5.69 Å². The molecule has 128 valence electrons. The predicted molar refractivity (Wildman–Crippen MR) is 91.9 cm³/mol. The number of aromatic nitrogens is 2. The molecule has 1 aliphatic rings. The maximum absolute atomic E-state index is 12.3. The number of rotatable bonds is 6. The number of hydrogen-bond acceptors (Lipinski definition) is 3. The smallest absolute Gasteiger partial charge is 0.317 e. The van der Waals surface area contributed by atoms with Crippen LogP contribution in [0.15, 0.2) is 43.0 Å². The average molecular weight is 328 g/mol. The molecule has 6 nitrogen and oxygen atoms in total. The molecule has 2 atom stereocenters. The number of hydrogen-bond donors (Lipinski definition) is 2. The second-order valence-electron chi connectivity index (χ2n) is 6.52. The highest BCUT2D eigenvalue weighted by Crippen LogP contribution is 2.32. The van der Waals surface area contributed by atoms with E-state index in [2.05, 4.69) is 10.3 Å². The van der Waals surface area contributed by atoms with E-state index < -0.39 is 6.10 Å². The second-order valence-corrected chi connectivity index (χ2v) is 6.52. The Bertz CT molecular complexity index is 682. The number of nitrogens with zero attached hydrogens (tertiary/aromatic N) is 3. The summed E-state index contributed by atoms with van der Waals surface area (Å²) < 4.78 is 1.93. The van der Waals surface area contributed by atoms with Crippen molar-refractivity contribution in [2.24, 2.45) is 5.92 Å². The zero-order chi connectivity index (χ0) is 17.1. The molecule has 6 heteroatoms. The first-order valence-electron chi connectivity index (χ1n) is 8.32. The van der Waals surface area contributed by atoms with E-state index in [9.17, 15) is 9.90 Å².